The lowest BCUT2D eigenvalue weighted by molar-refractivity contribution is 0.309. The number of aromatic amines is 1. The smallest absolute Gasteiger partial charge is 0.204 e. The second kappa shape index (κ2) is 5.52. The number of alkyl halides is 1. The highest BCUT2D eigenvalue weighted by molar-refractivity contribution is 6.00. The number of nitrogens with two attached hydrogens (primary N) is 1. The number of aromatic nitrogens is 4. The van der Waals surface area contributed by atoms with Crippen LogP contribution in [-0.2, 0) is 12.0 Å². The van der Waals surface area contributed by atoms with Crippen LogP contribution in [-0.4, -0.2) is 33.1 Å². The minimum atomic E-state index is -0.992. The van der Waals surface area contributed by atoms with Crippen LogP contribution in [0, 0.1) is 0 Å². The first-order valence-corrected chi connectivity index (χ1v) is 7.56. The van der Waals surface area contributed by atoms with Gasteiger partial charge < -0.3 is 5.73 Å². The number of nitrogens with zero attached hydrogens (tertiary/aromatic N) is 4. The number of benzene rings is 2. The predicted octanol–water partition coefficient (Wildman–Crippen LogP) is 1.99. The predicted molar refractivity (Wildman–Crippen MR) is 88.1 cm³/mol. The zero-order chi connectivity index (χ0) is 16.6. The van der Waals surface area contributed by atoms with Crippen LogP contribution < -0.4 is 5.73 Å². The zero-order valence-corrected chi connectivity index (χ0v) is 12.8. The molecule has 1 atom stereocenters. The molecule has 2 aromatic carbocycles. The van der Waals surface area contributed by atoms with Crippen molar-refractivity contribution in [1.29, 1.82) is 0 Å². The molecule has 1 unspecified atom stereocenters. The van der Waals surface area contributed by atoms with Crippen LogP contribution >= 0.6 is 0 Å². The van der Waals surface area contributed by atoms with E-state index in [9.17, 15) is 4.39 Å². The van der Waals surface area contributed by atoms with Gasteiger partial charge in [0.25, 0.3) is 0 Å². The molecule has 6 nitrogen and oxygen atoms in total. The van der Waals surface area contributed by atoms with Gasteiger partial charge in [-0.3, -0.25) is 4.99 Å². The summed E-state index contributed by atoms with van der Waals surface area (Å²) in [7, 11) is 0. The van der Waals surface area contributed by atoms with E-state index in [2.05, 4.69) is 25.6 Å². The average molecular weight is 322 g/mol. The van der Waals surface area contributed by atoms with Crippen LogP contribution in [0.2, 0.25) is 0 Å². The molecule has 3 aromatic rings. The fourth-order valence-electron chi connectivity index (χ4n) is 3.13. The van der Waals surface area contributed by atoms with Gasteiger partial charge in [0.1, 0.15) is 18.0 Å². The van der Waals surface area contributed by atoms with Crippen LogP contribution in [0.1, 0.15) is 16.7 Å². The summed E-state index contributed by atoms with van der Waals surface area (Å²) in [4.78, 5) is 4.51. The van der Waals surface area contributed by atoms with Crippen LogP contribution in [0.3, 0.4) is 0 Å². The number of H-pyrrole nitrogens is 1. The lowest BCUT2D eigenvalue weighted by Crippen LogP contribution is -2.37. The number of hydrogen-bond donors (Lipinski definition) is 2. The normalized spacial score (nSPS) is 19.6. The molecule has 1 aromatic heterocycles. The third-order valence-electron chi connectivity index (χ3n) is 4.33. The first-order chi connectivity index (χ1) is 11.7. The average Bonchev–Trinajstić information content (AvgIpc) is 3.16. The Labute approximate surface area is 137 Å². The van der Waals surface area contributed by atoms with Crippen molar-refractivity contribution in [1.82, 2.24) is 20.6 Å². The monoisotopic (exact) mass is 322 g/mol. The van der Waals surface area contributed by atoms with Gasteiger partial charge in [0, 0.05) is 17.5 Å². The fourth-order valence-corrected chi connectivity index (χ4v) is 3.13. The van der Waals surface area contributed by atoms with Crippen molar-refractivity contribution in [2.75, 3.05) is 6.67 Å². The molecule has 1 aliphatic rings. The summed E-state index contributed by atoms with van der Waals surface area (Å²) in [6, 6.07) is 15.1. The minimum Gasteiger partial charge on any atom is -0.383 e. The SMILES string of the molecule is NC1=NC(CF)(c2ccccc2)Cc2cc(-c3nn[nH]n3)ccc21. The highest BCUT2D eigenvalue weighted by Crippen LogP contribution is 2.36. The number of fused-ring (bicyclic) bond motifs is 1. The third kappa shape index (κ3) is 2.25. The van der Waals surface area contributed by atoms with E-state index in [0.717, 1.165) is 22.3 Å². The molecule has 0 aliphatic carbocycles. The molecular weight excluding hydrogens is 307 g/mol. The Bertz CT molecular complexity index is 891. The first-order valence-electron chi connectivity index (χ1n) is 7.56. The molecule has 0 saturated heterocycles. The Morgan fingerprint density at radius 1 is 1.17 bits per heavy atom. The van der Waals surface area contributed by atoms with E-state index in [1.54, 1.807) is 0 Å². The maximum absolute atomic E-state index is 14.1. The lowest BCUT2D eigenvalue weighted by Gasteiger charge is -2.33. The van der Waals surface area contributed by atoms with Crippen LogP contribution in [0.25, 0.3) is 11.4 Å². The number of halogens is 1. The maximum Gasteiger partial charge on any atom is 0.204 e. The highest BCUT2D eigenvalue weighted by atomic mass is 19.1. The molecule has 2 heterocycles. The van der Waals surface area contributed by atoms with Crippen molar-refractivity contribution in [3.63, 3.8) is 0 Å². The van der Waals surface area contributed by atoms with Gasteiger partial charge in [-0.25, -0.2) is 4.39 Å². The summed E-state index contributed by atoms with van der Waals surface area (Å²) in [5.41, 5.74) is 8.50. The summed E-state index contributed by atoms with van der Waals surface area (Å²) in [6.07, 6.45) is 0.426. The van der Waals surface area contributed by atoms with Gasteiger partial charge >= 0.3 is 0 Å². The van der Waals surface area contributed by atoms with E-state index < -0.39 is 12.2 Å². The molecule has 0 fully saturated rings. The van der Waals surface area contributed by atoms with Gasteiger partial charge in [0.15, 0.2) is 0 Å². The van der Waals surface area contributed by atoms with E-state index >= 15 is 0 Å². The molecule has 0 bridgehead atoms. The lowest BCUT2D eigenvalue weighted by atomic mass is 9.81. The number of aliphatic imine (C=N–C) groups is 1. The molecule has 3 N–H and O–H groups in total. The summed E-state index contributed by atoms with van der Waals surface area (Å²) < 4.78 is 14.1. The van der Waals surface area contributed by atoms with Crippen molar-refractivity contribution >= 4 is 5.84 Å². The molecule has 1 aliphatic heterocycles. The second-order valence-electron chi connectivity index (χ2n) is 5.81. The maximum atomic E-state index is 14.1. The van der Waals surface area contributed by atoms with Crippen molar-refractivity contribution in [3.05, 3.63) is 65.2 Å². The van der Waals surface area contributed by atoms with Gasteiger partial charge in [-0.05, 0) is 22.4 Å². The number of rotatable bonds is 3. The van der Waals surface area contributed by atoms with E-state index in [1.165, 1.54) is 0 Å². The first kappa shape index (κ1) is 14.5. The van der Waals surface area contributed by atoms with Crippen LogP contribution in [0.15, 0.2) is 53.5 Å². The van der Waals surface area contributed by atoms with E-state index in [0.29, 0.717) is 18.1 Å². The van der Waals surface area contributed by atoms with Gasteiger partial charge in [-0.15, -0.1) is 10.2 Å². The topological polar surface area (TPSA) is 92.8 Å². The molecule has 0 saturated carbocycles. The van der Waals surface area contributed by atoms with Gasteiger partial charge in [-0.2, -0.15) is 5.21 Å². The molecule has 7 heteroatoms. The molecule has 120 valence electrons. The number of hydrogen-bond acceptors (Lipinski definition) is 5. The quantitative estimate of drug-likeness (QED) is 0.771. The molecule has 0 amide bonds. The number of amidine groups is 1. The van der Waals surface area contributed by atoms with Crippen molar-refractivity contribution < 1.29 is 4.39 Å². The highest BCUT2D eigenvalue weighted by Gasteiger charge is 2.37. The molecular formula is C17H15FN6. The molecule has 0 spiro atoms. The summed E-state index contributed by atoms with van der Waals surface area (Å²) in [5, 5.41) is 14.0. The molecule has 24 heavy (non-hydrogen) atoms. The second-order valence-corrected chi connectivity index (χ2v) is 5.81. The van der Waals surface area contributed by atoms with Crippen LogP contribution in [0.4, 0.5) is 4.39 Å². The number of nitrogens with one attached hydrogen (secondary N) is 1. The van der Waals surface area contributed by atoms with Crippen molar-refractivity contribution in [2.24, 2.45) is 10.7 Å². The van der Waals surface area contributed by atoms with Crippen molar-refractivity contribution in [2.45, 2.75) is 12.0 Å². The van der Waals surface area contributed by atoms with Gasteiger partial charge in [0.2, 0.25) is 5.82 Å². The molecule has 0 radical (unpaired) electrons. The molecule has 4 rings (SSSR count). The van der Waals surface area contributed by atoms with E-state index in [1.807, 2.05) is 48.5 Å². The number of tetrazole rings is 1. The van der Waals surface area contributed by atoms with Gasteiger partial charge in [0.05, 0.1) is 0 Å². The largest absolute Gasteiger partial charge is 0.383 e. The summed E-state index contributed by atoms with van der Waals surface area (Å²) in [5.74, 6) is 0.835. The van der Waals surface area contributed by atoms with E-state index in [4.69, 9.17) is 5.73 Å². The zero-order valence-electron chi connectivity index (χ0n) is 12.8. The summed E-state index contributed by atoms with van der Waals surface area (Å²) >= 11 is 0. The van der Waals surface area contributed by atoms with Gasteiger partial charge in [-0.1, -0.05) is 42.5 Å². The standard InChI is InChI=1S/C17H15FN6/c18-10-17(13-4-2-1-3-5-13)9-12-8-11(16-21-23-24-22-16)6-7-14(12)15(19)20-17/h1-8H,9-10H2,(H2,19,20)(H,21,22,23,24). The van der Waals surface area contributed by atoms with Crippen LogP contribution in [0.5, 0.6) is 0 Å². The van der Waals surface area contributed by atoms with Crippen molar-refractivity contribution in [3.8, 4) is 11.4 Å². The minimum absolute atomic E-state index is 0.345. The Morgan fingerprint density at radius 2 is 2.00 bits per heavy atom. The Morgan fingerprint density at radius 3 is 2.71 bits per heavy atom. The Kier molecular flexibility index (Phi) is 3.34. The fraction of sp³-hybridized carbons (Fsp3) is 0.176. The Balaban J connectivity index is 1.83. The Hall–Kier alpha value is -3.09. The van der Waals surface area contributed by atoms with E-state index in [-0.39, 0.29) is 0 Å². The summed E-state index contributed by atoms with van der Waals surface area (Å²) in [6.45, 7) is -0.621. The third-order valence-corrected chi connectivity index (χ3v) is 4.33.